The Morgan fingerprint density at radius 3 is 2.85 bits per heavy atom. The van der Waals surface area contributed by atoms with Crippen molar-refractivity contribution in [3.05, 3.63) is 35.8 Å². The lowest BCUT2D eigenvalue weighted by Gasteiger charge is -2.35. The van der Waals surface area contributed by atoms with Crippen molar-refractivity contribution >= 4 is 11.0 Å². The maximum absolute atomic E-state index is 13.7. The minimum atomic E-state index is -0.262. The van der Waals surface area contributed by atoms with E-state index in [1.165, 1.54) is 12.5 Å². The Morgan fingerprint density at radius 1 is 1.35 bits per heavy atom. The molecule has 1 heterocycles. The lowest BCUT2D eigenvalue weighted by Crippen LogP contribution is -2.35. The number of fused-ring (bicyclic) bond motifs is 1. The van der Waals surface area contributed by atoms with Crippen LogP contribution in [-0.2, 0) is 0 Å². The molecule has 3 rings (SSSR count). The smallest absolute Gasteiger partial charge is 0.169 e. The molecule has 20 heavy (non-hydrogen) atoms. The maximum Gasteiger partial charge on any atom is 0.169 e. The van der Waals surface area contributed by atoms with Crippen LogP contribution in [0.2, 0.25) is 0 Å². The van der Waals surface area contributed by atoms with Crippen LogP contribution in [-0.4, -0.2) is 13.1 Å². The fourth-order valence-corrected chi connectivity index (χ4v) is 2.98. The third kappa shape index (κ3) is 2.59. The molecule has 1 fully saturated rings. The van der Waals surface area contributed by atoms with Gasteiger partial charge in [0, 0.05) is 11.3 Å². The van der Waals surface area contributed by atoms with Crippen LogP contribution < -0.4 is 5.32 Å². The van der Waals surface area contributed by atoms with Gasteiger partial charge in [0.2, 0.25) is 0 Å². The summed E-state index contributed by atoms with van der Waals surface area (Å²) in [4.78, 5) is 0. The van der Waals surface area contributed by atoms with E-state index >= 15 is 0 Å². The van der Waals surface area contributed by atoms with Crippen LogP contribution in [0, 0.1) is 17.7 Å². The van der Waals surface area contributed by atoms with Gasteiger partial charge >= 0.3 is 0 Å². The predicted molar refractivity (Wildman–Crippen MR) is 79.3 cm³/mol. The summed E-state index contributed by atoms with van der Waals surface area (Å²) < 4.78 is 19.4. The van der Waals surface area contributed by atoms with Gasteiger partial charge in [-0.25, -0.2) is 4.39 Å². The number of furan rings is 1. The van der Waals surface area contributed by atoms with Crippen LogP contribution in [0.25, 0.3) is 11.0 Å². The number of nitrogens with one attached hydrogen (secondary N) is 1. The summed E-state index contributed by atoms with van der Waals surface area (Å²) in [6, 6.07) is 7.12. The van der Waals surface area contributed by atoms with E-state index in [1.807, 2.05) is 12.1 Å². The molecular weight excluding hydrogens is 253 g/mol. The molecule has 0 amide bonds. The summed E-state index contributed by atoms with van der Waals surface area (Å²) >= 11 is 0. The van der Waals surface area contributed by atoms with Gasteiger partial charge in [-0.2, -0.15) is 0 Å². The first-order chi connectivity index (χ1) is 9.65. The highest BCUT2D eigenvalue weighted by molar-refractivity contribution is 5.78. The second kappa shape index (κ2) is 5.57. The number of rotatable bonds is 5. The minimum Gasteiger partial charge on any atom is -0.458 e. The lowest BCUT2D eigenvalue weighted by molar-refractivity contribution is 0.216. The molecule has 108 valence electrons. The summed E-state index contributed by atoms with van der Waals surface area (Å²) in [6.45, 7) is 6.51. The van der Waals surface area contributed by atoms with Crippen LogP contribution >= 0.6 is 0 Å². The molecule has 0 radical (unpaired) electrons. The van der Waals surface area contributed by atoms with Crippen molar-refractivity contribution in [2.24, 2.45) is 11.8 Å². The maximum atomic E-state index is 13.7. The highest BCUT2D eigenvalue weighted by Crippen LogP contribution is 2.44. The van der Waals surface area contributed by atoms with Gasteiger partial charge in [0.1, 0.15) is 5.76 Å². The normalized spacial score (nSPS) is 22.4. The minimum absolute atomic E-state index is 0.262. The summed E-state index contributed by atoms with van der Waals surface area (Å²) in [7, 11) is 0. The molecule has 1 saturated carbocycles. The second-order valence-electron chi connectivity index (χ2n) is 6.30. The van der Waals surface area contributed by atoms with Gasteiger partial charge in [0.15, 0.2) is 11.4 Å². The van der Waals surface area contributed by atoms with Crippen LogP contribution in [0.3, 0.4) is 0 Å². The number of benzene rings is 1. The van der Waals surface area contributed by atoms with E-state index in [0.717, 1.165) is 30.7 Å². The Morgan fingerprint density at radius 2 is 2.20 bits per heavy atom. The largest absolute Gasteiger partial charge is 0.458 e. The first-order valence-electron chi connectivity index (χ1n) is 7.54. The molecule has 0 saturated heterocycles. The fraction of sp³-hybridized carbons (Fsp3) is 0.529. The summed E-state index contributed by atoms with van der Waals surface area (Å²) in [5.41, 5.74) is 0.406. The van der Waals surface area contributed by atoms with E-state index in [4.69, 9.17) is 4.42 Å². The zero-order valence-corrected chi connectivity index (χ0v) is 12.2. The first kappa shape index (κ1) is 13.6. The zero-order chi connectivity index (χ0) is 14.1. The third-order valence-corrected chi connectivity index (χ3v) is 4.26. The van der Waals surface area contributed by atoms with Gasteiger partial charge in [-0.05, 0) is 49.9 Å². The molecule has 2 atom stereocenters. The summed E-state index contributed by atoms with van der Waals surface area (Å²) in [6.07, 6.45) is 2.38. The first-order valence-corrected chi connectivity index (χ1v) is 7.54. The number of para-hydroxylation sites is 1. The molecule has 1 aromatic carbocycles. The van der Waals surface area contributed by atoms with E-state index in [1.54, 1.807) is 6.07 Å². The number of hydrogen-bond acceptors (Lipinski definition) is 2. The Hall–Kier alpha value is -1.35. The quantitative estimate of drug-likeness (QED) is 0.879. The fourth-order valence-electron chi connectivity index (χ4n) is 2.98. The van der Waals surface area contributed by atoms with Gasteiger partial charge in [0.05, 0.1) is 0 Å². The van der Waals surface area contributed by atoms with Gasteiger partial charge in [-0.3, -0.25) is 0 Å². The predicted octanol–water partition coefficient (Wildman–Crippen LogP) is 4.31. The Kier molecular flexibility index (Phi) is 3.79. The molecule has 3 heteroatoms. The molecule has 2 unspecified atom stereocenters. The molecule has 1 aliphatic carbocycles. The van der Waals surface area contributed by atoms with Crippen molar-refractivity contribution in [2.75, 3.05) is 13.1 Å². The Bertz CT molecular complexity index is 590. The van der Waals surface area contributed by atoms with Crippen molar-refractivity contribution in [1.82, 2.24) is 5.32 Å². The molecule has 2 aromatic rings. The molecule has 1 aliphatic rings. The molecule has 1 N–H and O–H groups in total. The van der Waals surface area contributed by atoms with E-state index in [2.05, 4.69) is 19.2 Å². The molecule has 0 spiro atoms. The van der Waals surface area contributed by atoms with Crippen LogP contribution in [0.5, 0.6) is 0 Å². The van der Waals surface area contributed by atoms with Crippen molar-refractivity contribution in [3.63, 3.8) is 0 Å². The molecule has 0 aliphatic heterocycles. The van der Waals surface area contributed by atoms with Gasteiger partial charge in [0.25, 0.3) is 0 Å². The van der Waals surface area contributed by atoms with Gasteiger partial charge < -0.3 is 9.73 Å². The topological polar surface area (TPSA) is 25.2 Å². The van der Waals surface area contributed by atoms with Crippen molar-refractivity contribution in [2.45, 2.75) is 32.6 Å². The SMILES string of the molecule is CC(C)CNCC1CCC1c1cc2cccc(F)c2o1. The average molecular weight is 275 g/mol. The lowest BCUT2D eigenvalue weighted by atomic mass is 9.72. The number of hydrogen-bond donors (Lipinski definition) is 1. The number of halogens is 1. The monoisotopic (exact) mass is 275 g/mol. The second-order valence-corrected chi connectivity index (χ2v) is 6.30. The summed E-state index contributed by atoms with van der Waals surface area (Å²) in [5, 5.41) is 4.39. The van der Waals surface area contributed by atoms with E-state index in [-0.39, 0.29) is 5.82 Å². The van der Waals surface area contributed by atoms with E-state index in [0.29, 0.717) is 23.3 Å². The Balaban J connectivity index is 1.70. The van der Waals surface area contributed by atoms with Crippen molar-refractivity contribution in [3.8, 4) is 0 Å². The van der Waals surface area contributed by atoms with Crippen LogP contribution in [0.4, 0.5) is 4.39 Å². The molecular formula is C17H22FNO. The van der Waals surface area contributed by atoms with Crippen molar-refractivity contribution in [1.29, 1.82) is 0 Å². The Labute approximate surface area is 119 Å². The van der Waals surface area contributed by atoms with Crippen LogP contribution in [0.1, 0.15) is 38.4 Å². The summed E-state index contributed by atoms with van der Waals surface area (Å²) in [5.74, 6) is 2.43. The average Bonchev–Trinajstić information content (AvgIpc) is 2.77. The molecule has 1 aromatic heterocycles. The van der Waals surface area contributed by atoms with Crippen molar-refractivity contribution < 1.29 is 8.81 Å². The zero-order valence-electron chi connectivity index (χ0n) is 12.2. The standard InChI is InChI=1S/C17H22FNO/c1-11(2)9-19-10-13-6-7-14(13)16-8-12-4-3-5-15(18)17(12)20-16/h3-5,8,11,13-14,19H,6-7,9-10H2,1-2H3. The van der Waals surface area contributed by atoms with E-state index in [9.17, 15) is 4.39 Å². The third-order valence-electron chi connectivity index (χ3n) is 4.26. The highest BCUT2D eigenvalue weighted by atomic mass is 19.1. The van der Waals surface area contributed by atoms with Gasteiger partial charge in [-0.15, -0.1) is 0 Å². The van der Waals surface area contributed by atoms with Crippen LogP contribution in [0.15, 0.2) is 28.7 Å². The molecule has 2 nitrogen and oxygen atoms in total. The highest BCUT2D eigenvalue weighted by Gasteiger charge is 2.34. The van der Waals surface area contributed by atoms with Gasteiger partial charge in [-0.1, -0.05) is 26.0 Å². The van der Waals surface area contributed by atoms with E-state index < -0.39 is 0 Å². The molecule has 0 bridgehead atoms.